The monoisotopic (exact) mass is 223 g/mol. The number of carbonyl (C=O) groups excluding carboxylic acids is 1. The average molecular weight is 223 g/mol. The molecule has 6 heteroatoms. The first kappa shape index (κ1) is 10.7. The normalized spacial score (nSPS) is 16.1. The van der Waals surface area contributed by atoms with Crippen LogP contribution in [0, 0.1) is 0 Å². The van der Waals surface area contributed by atoms with Gasteiger partial charge in [0.05, 0.1) is 24.5 Å². The van der Waals surface area contributed by atoms with E-state index in [4.69, 9.17) is 10.5 Å². The number of primary amides is 1. The summed E-state index contributed by atoms with van der Waals surface area (Å²) < 4.78 is 5.22. The zero-order valence-corrected chi connectivity index (χ0v) is 8.72. The van der Waals surface area contributed by atoms with Gasteiger partial charge >= 0.3 is 0 Å². The quantitative estimate of drug-likeness (QED) is 0.720. The smallest absolute Gasteiger partial charge is 0.252 e. The van der Waals surface area contributed by atoms with Gasteiger partial charge in [-0.05, 0) is 0 Å². The van der Waals surface area contributed by atoms with E-state index in [0.717, 1.165) is 0 Å². The van der Waals surface area contributed by atoms with Gasteiger partial charge in [0.15, 0.2) is 0 Å². The third-order valence-electron chi connectivity index (χ3n) is 2.48. The van der Waals surface area contributed by atoms with Crippen molar-refractivity contribution in [3.8, 4) is 5.88 Å². The van der Waals surface area contributed by atoms with Crippen LogP contribution in [0.2, 0.25) is 0 Å². The van der Waals surface area contributed by atoms with E-state index in [1.165, 1.54) is 12.3 Å². The molecular weight excluding hydrogens is 210 g/mol. The van der Waals surface area contributed by atoms with Gasteiger partial charge in [0.2, 0.25) is 5.88 Å². The highest BCUT2D eigenvalue weighted by molar-refractivity contribution is 5.98. The molecular formula is C10H13N3O3. The summed E-state index contributed by atoms with van der Waals surface area (Å²) in [5.74, 6) is -0.666. The number of amides is 1. The maximum atomic E-state index is 11.2. The van der Waals surface area contributed by atoms with E-state index in [2.05, 4.69) is 4.98 Å². The summed E-state index contributed by atoms with van der Waals surface area (Å²) in [5, 5.41) is 9.33. The number of ether oxygens (including phenoxy) is 1. The number of carbonyl (C=O) groups is 1. The molecule has 0 saturated carbocycles. The molecule has 0 aliphatic carbocycles. The number of hydrogen-bond acceptors (Lipinski definition) is 5. The number of aromatic nitrogens is 1. The van der Waals surface area contributed by atoms with Gasteiger partial charge in [0.1, 0.15) is 0 Å². The number of aromatic hydroxyl groups is 1. The third-order valence-corrected chi connectivity index (χ3v) is 2.48. The molecule has 0 unspecified atom stereocenters. The van der Waals surface area contributed by atoms with E-state index in [-0.39, 0.29) is 5.88 Å². The Morgan fingerprint density at radius 2 is 2.19 bits per heavy atom. The van der Waals surface area contributed by atoms with Crippen LogP contribution in [0.1, 0.15) is 10.4 Å². The summed E-state index contributed by atoms with van der Waals surface area (Å²) in [6.45, 7) is 2.54. The van der Waals surface area contributed by atoms with Crippen LogP contribution in [0.25, 0.3) is 0 Å². The maximum Gasteiger partial charge on any atom is 0.252 e. The average Bonchev–Trinajstić information content (AvgIpc) is 2.29. The van der Waals surface area contributed by atoms with Crippen molar-refractivity contribution >= 4 is 11.6 Å². The highest BCUT2D eigenvalue weighted by atomic mass is 16.5. The van der Waals surface area contributed by atoms with Gasteiger partial charge in [-0.15, -0.1) is 0 Å². The zero-order chi connectivity index (χ0) is 11.5. The fraction of sp³-hybridized carbons (Fsp3) is 0.400. The van der Waals surface area contributed by atoms with Crippen LogP contribution in [0.3, 0.4) is 0 Å². The fourth-order valence-corrected chi connectivity index (χ4v) is 1.69. The Labute approximate surface area is 92.6 Å². The predicted octanol–water partition coefficient (Wildman–Crippen LogP) is -0.277. The molecule has 0 bridgehead atoms. The second-order valence-electron chi connectivity index (χ2n) is 3.52. The lowest BCUT2D eigenvalue weighted by Gasteiger charge is -2.29. The lowest BCUT2D eigenvalue weighted by Crippen LogP contribution is -2.37. The summed E-state index contributed by atoms with van der Waals surface area (Å²) >= 11 is 0. The van der Waals surface area contributed by atoms with E-state index >= 15 is 0 Å². The number of anilines is 1. The maximum absolute atomic E-state index is 11.2. The Morgan fingerprint density at radius 1 is 1.50 bits per heavy atom. The minimum atomic E-state index is -0.547. The second kappa shape index (κ2) is 4.36. The SMILES string of the molecule is NC(=O)c1cnc(O)cc1N1CCOCC1. The molecule has 16 heavy (non-hydrogen) atoms. The summed E-state index contributed by atoms with van der Waals surface area (Å²) in [6.07, 6.45) is 1.29. The van der Waals surface area contributed by atoms with Gasteiger partial charge in [-0.2, -0.15) is 0 Å². The summed E-state index contributed by atoms with van der Waals surface area (Å²) in [7, 11) is 0. The minimum absolute atomic E-state index is 0.119. The Balaban J connectivity index is 2.36. The van der Waals surface area contributed by atoms with Gasteiger partial charge in [0.25, 0.3) is 5.91 Å². The van der Waals surface area contributed by atoms with Gasteiger partial charge in [-0.1, -0.05) is 0 Å². The molecule has 1 amide bonds. The van der Waals surface area contributed by atoms with Crippen LogP contribution in [-0.2, 0) is 4.74 Å². The van der Waals surface area contributed by atoms with Crippen molar-refractivity contribution in [2.24, 2.45) is 5.73 Å². The first-order chi connectivity index (χ1) is 7.68. The standard InChI is InChI=1S/C10H13N3O3/c11-10(15)7-6-12-9(14)5-8(7)13-1-3-16-4-2-13/h5-6H,1-4H2,(H2,11,15)(H,12,14). The molecule has 2 heterocycles. The number of nitrogens with two attached hydrogens (primary N) is 1. The number of hydrogen-bond donors (Lipinski definition) is 2. The molecule has 86 valence electrons. The summed E-state index contributed by atoms with van der Waals surface area (Å²) in [6, 6.07) is 1.45. The Hall–Kier alpha value is -1.82. The molecule has 1 aromatic heterocycles. The molecule has 0 spiro atoms. The zero-order valence-electron chi connectivity index (χ0n) is 8.72. The highest BCUT2D eigenvalue weighted by Gasteiger charge is 2.18. The molecule has 0 radical (unpaired) electrons. The van der Waals surface area contributed by atoms with Crippen molar-refractivity contribution in [2.45, 2.75) is 0 Å². The number of morpholine rings is 1. The fourth-order valence-electron chi connectivity index (χ4n) is 1.69. The molecule has 1 fully saturated rings. The summed E-state index contributed by atoms with van der Waals surface area (Å²) in [5.41, 5.74) is 6.19. The van der Waals surface area contributed by atoms with Crippen LogP contribution < -0.4 is 10.6 Å². The molecule has 1 aromatic rings. The lowest BCUT2D eigenvalue weighted by molar-refractivity contribution is 0.0998. The van der Waals surface area contributed by atoms with Crippen molar-refractivity contribution < 1.29 is 14.6 Å². The van der Waals surface area contributed by atoms with E-state index in [0.29, 0.717) is 37.6 Å². The highest BCUT2D eigenvalue weighted by Crippen LogP contribution is 2.23. The van der Waals surface area contributed by atoms with E-state index in [9.17, 15) is 9.90 Å². The van der Waals surface area contributed by atoms with Crippen LogP contribution in [0.15, 0.2) is 12.3 Å². The van der Waals surface area contributed by atoms with Crippen LogP contribution in [-0.4, -0.2) is 42.3 Å². The molecule has 1 saturated heterocycles. The van der Waals surface area contributed by atoms with Crippen LogP contribution >= 0.6 is 0 Å². The minimum Gasteiger partial charge on any atom is -0.493 e. The largest absolute Gasteiger partial charge is 0.493 e. The first-order valence-electron chi connectivity index (χ1n) is 5.00. The molecule has 3 N–H and O–H groups in total. The van der Waals surface area contributed by atoms with Crippen LogP contribution in [0.4, 0.5) is 5.69 Å². The van der Waals surface area contributed by atoms with Gasteiger partial charge in [-0.3, -0.25) is 4.79 Å². The second-order valence-corrected chi connectivity index (χ2v) is 3.52. The first-order valence-corrected chi connectivity index (χ1v) is 5.00. The number of nitrogens with zero attached hydrogens (tertiary/aromatic N) is 2. The van der Waals surface area contributed by atoms with E-state index < -0.39 is 5.91 Å². The topological polar surface area (TPSA) is 88.7 Å². The Kier molecular flexibility index (Phi) is 2.91. The molecule has 0 aromatic carbocycles. The van der Waals surface area contributed by atoms with Gasteiger partial charge in [0, 0.05) is 25.4 Å². The molecule has 1 aliphatic heterocycles. The molecule has 2 rings (SSSR count). The lowest BCUT2D eigenvalue weighted by atomic mass is 10.2. The molecule has 0 atom stereocenters. The van der Waals surface area contributed by atoms with Crippen LogP contribution in [0.5, 0.6) is 5.88 Å². The van der Waals surface area contributed by atoms with Crippen molar-refractivity contribution in [3.63, 3.8) is 0 Å². The number of rotatable bonds is 2. The van der Waals surface area contributed by atoms with Crippen molar-refractivity contribution in [1.82, 2.24) is 4.98 Å². The van der Waals surface area contributed by atoms with Crippen molar-refractivity contribution in [1.29, 1.82) is 0 Å². The molecule has 1 aliphatic rings. The Bertz CT molecular complexity index is 402. The number of pyridine rings is 1. The van der Waals surface area contributed by atoms with Crippen molar-refractivity contribution in [2.75, 3.05) is 31.2 Å². The Morgan fingerprint density at radius 3 is 2.81 bits per heavy atom. The van der Waals surface area contributed by atoms with E-state index in [1.54, 1.807) is 0 Å². The van der Waals surface area contributed by atoms with Gasteiger partial charge < -0.3 is 20.5 Å². The summed E-state index contributed by atoms with van der Waals surface area (Å²) in [4.78, 5) is 16.8. The predicted molar refractivity (Wildman–Crippen MR) is 57.5 cm³/mol. The van der Waals surface area contributed by atoms with Gasteiger partial charge in [-0.25, -0.2) is 4.98 Å². The third kappa shape index (κ3) is 2.06. The van der Waals surface area contributed by atoms with Crippen molar-refractivity contribution in [3.05, 3.63) is 17.8 Å². The van der Waals surface area contributed by atoms with E-state index in [1.807, 2.05) is 4.90 Å². The molecule has 6 nitrogen and oxygen atoms in total.